The van der Waals surface area contributed by atoms with Crippen LogP contribution in [-0.4, -0.2) is 64.5 Å². The zero-order valence-electron chi connectivity index (χ0n) is 17.1. The second-order valence-electron chi connectivity index (χ2n) is 6.58. The zero-order chi connectivity index (χ0) is 23.9. The highest BCUT2D eigenvalue weighted by molar-refractivity contribution is 6.07. The Balaban J connectivity index is 2.48. The largest absolute Gasteiger partial charge is 0.573 e. The van der Waals surface area contributed by atoms with Crippen molar-refractivity contribution in [1.82, 2.24) is 20.6 Å². The molecule has 1 aromatic heterocycles. The van der Waals surface area contributed by atoms with Crippen molar-refractivity contribution in [2.45, 2.75) is 25.4 Å². The molecule has 0 radical (unpaired) electrons. The number of aliphatic hydroxyl groups is 2. The quantitative estimate of drug-likeness (QED) is 0.364. The van der Waals surface area contributed by atoms with Gasteiger partial charge in [0.15, 0.2) is 5.82 Å². The number of aromatic nitrogens is 2. The summed E-state index contributed by atoms with van der Waals surface area (Å²) in [4.78, 5) is 21.1. The Labute approximate surface area is 181 Å². The van der Waals surface area contributed by atoms with Crippen LogP contribution in [0.25, 0.3) is 16.8 Å². The van der Waals surface area contributed by atoms with Crippen LogP contribution in [0.1, 0.15) is 23.2 Å². The Morgan fingerprint density at radius 3 is 2.47 bits per heavy atom. The van der Waals surface area contributed by atoms with Crippen LogP contribution in [0.3, 0.4) is 0 Å². The summed E-state index contributed by atoms with van der Waals surface area (Å²) in [6.45, 7) is 0.933. The lowest BCUT2D eigenvalue weighted by molar-refractivity contribution is -0.274. The Morgan fingerprint density at radius 1 is 1.28 bits per heavy atom. The van der Waals surface area contributed by atoms with E-state index in [9.17, 15) is 23.1 Å². The molecule has 0 aliphatic rings. The van der Waals surface area contributed by atoms with Crippen LogP contribution in [-0.2, 0) is 0 Å². The molecule has 0 fully saturated rings. The van der Waals surface area contributed by atoms with Crippen LogP contribution in [0, 0.1) is 5.41 Å². The maximum atomic E-state index is 12.7. The molecule has 0 saturated heterocycles. The lowest BCUT2D eigenvalue weighted by Gasteiger charge is -2.18. The van der Waals surface area contributed by atoms with Crippen LogP contribution in [0.2, 0.25) is 0 Å². The molecular weight excluding hydrogens is 431 g/mol. The van der Waals surface area contributed by atoms with E-state index in [0.29, 0.717) is 5.56 Å². The monoisotopic (exact) mass is 453 g/mol. The van der Waals surface area contributed by atoms with Gasteiger partial charge in [0, 0.05) is 25.0 Å². The first-order valence-corrected chi connectivity index (χ1v) is 9.31. The summed E-state index contributed by atoms with van der Waals surface area (Å²) in [5, 5.41) is 31.5. The van der Waals surface area contributed by atoms with E-state index in [0.717, 1.165) is 18.3 Å². The van der Waals surface area contributed by atoms with Crippen LogP contribution >= 0.6 is 0 Å². The standard InChI is InChI=1S/C20H22F3N5O4/c1-11(17(30)10-29)26-19(31)16-7-15(27-18(28-16)13(8-24)9-25-2)12-3-5-14(6-4-12)32-20(21,22)23/h3-9,11,17,24-25,29-30H,10H2,1-2H3,(H,26,31)/b13-9+,24-8?. The zero-order valence-corrected chi connectivity index (χ0v) is 17.1. The Hall–Kier alpha value is -3.51. The SMILES string of the molecule is CN/C=C(\C=N)c1nc(C(=O)NC(C)C(O)CO)cc(-c2ccc(OC(F)(F)F)cc2)n1. The molecule has 1 aromatic carbocycles. The van der Waals surface area contributed by atoms with Crippen molar-refractivity contribution >= 4 is 17.7 Å². The number of hydrogen-bond donors (Lipinski definition) is 5. The van der Waals surface area contributed by atoms with Crippen LogP contribution in [0.5, 0.6) is 5.75 Å². The number of benzene rings is 1. The van der Waals surface area contributed by atoms with Gasteiger partial charge in [-0.2, -0.15) is 0 Å². The Kier molecular flexibility index (Phi) is 8.27. The number of carbonyl (C=O) groups is 1. The lowest BCUT2D eigenvalue weighted by atomic mass is 10.1. The normalized spacial score (nSPS) is 13.8. The first-order valence-electron chi connectivity index (χ1n) is 9.31. The van der Waals surface area contributed by atoms with Crippen molar-refractivity contribution < 1.29 is 32.9 Å². The van der Waals surface area contributed by atoms with Crippen molar-refractivity contribution in [2.24, 2.45) is 0 Å². The Morgan fingerprint density at radius 2 is 1.94 bits per heavy atom. The molecule has 1 heterocycles. The van der Waals surface area contributed by atoms with Gasteiger partial charge in [0.1, 0.15) is 11.4 Å². The fraction of sp³-hybridized carbons (Fsp3) is 0.300. The molecule has 172 valence electrons. The van der Waals surface area contributed by atoms with Crippen LogP contribution < -0.4 is 15.4 Å². The fourth-order valence-corrected chi connectivity index (χ4v) is 2.53. The number of nitrogens with one attached hydrogen (secondary N) is 3. The van der Waals surface area contributed by atoms with Gasteiger partial charge in [-0.1, -0.05) is 0 Å². The minimum Gasteiger partial charge on any atom is -0.406 e. The second-order valence-corrected chi connectivity index (χ2v) is 6.58. The van der Waals surface area contributed by atoms with Crippen molar-refractivity contribution in [3.05, 3.63) is 48.1 Å². The van der Waals surface area contributed by atoms with E-state index in [1.807, 2.05) is 0 Å². The predicted octanol–water partition coefficient (Wildman–Crippen LogP) is 1.72. The molecule has 2 aromatic rings. The summed E-state index contributed by atoms with van der Waals surface area (Å²) in [7, 11) is 1.60. The number of ether oxygens (including phenoxy) is 1. The minimum atomic E-state index is -4.83. The summed E-state index contributed by atoms with van der Waals surface area (Å²) < 4.78 is 41.0. The summed E-state index contributed by atoms with van der Waals surface area (Å²) in [6.07, 6.45) is -3.62. The molecule has 5 N–H and O–H groups in total. The van der Waals surface area contributed by atoms with Gasteiger partial charge in [-0.15, -0.1) is 13.2 Å². The molecule has 0 aliphatic carbocycles. The molecule has 0 aliphatic heterocycles. The summed E-state index contributed by atoms with van der Waals surface area (Å²) in [6, 6.07) is 5.40. The number of nitrogens with zero attached hydrogens (tertiary/aromatic N) is 2. The average Bonchev–Trinajstić information content (AvgIpc) is 2.75. The number of carbonyl (C=O) groups excluding carboxylic acids is 1. The van der Waals surface area contributed by atoms with Gasteiger partial charge in [0.2, 0.25) is 0 Å². The van der Waals surface area contributed by atoms with Gasteiger partial charge in [-0.05, 0) is 37.3 Å². The number of hydrogen-bond acceptors (Lipinski definition) is 8. The van der Waals surface area contributed by atoms with E-state index < -0.39 is 36.8 Å². The topological polar surface area (TPSA) is 140 Å². The lowest BCUT2D eigenvalue weighted by Crippen LogP contribution is -2.43. The third kappa shape index (κ3) is 6.75. The first kappa shape index (κ1) is 24.8. The van der Waals surface area contributed by atoms with Gasteiger partial charge in [-0.3, -0.25) is 4.79 Å². The number of halogens is 3. The van der Waals surface area contributed by atoms with Gasteiger partial charge >= 0.3 is 6.36 Å². The molecule has 9 nitrogen and oxygen atoms in total. The molecule has 12 heteroatoms. The van der Waals surface area contributed by atoms with Gasteiger partial charge in [0.25, 0.3) is 5.91 Å². The molecule has 0 bridgehead atoms. The van der Waals surface area contributed by atoms with E-state index in [-0.39, 0.29) is 22.8 Å². The van der Waals surface area contributed by atoms with Crippen molar-refractivity contribution in [2.75, 3.05) is 13.7 Å². The summed E-state index contributed by atoms with van der Waals surface area (Å²) in [5.74, 6) is -1.08. The van der Waals surface area contributed by atoms with Gasteiger partial charge in [0.05, 0.1) is 30.0 Å². The van der Waals surface area contributed by atoms with Gasteiger partial charge in [-0.25, -0.2) is 9.97 Å². The van der Waals surface area contributed by atoms with Crippen molar-refractivity contribution in [1.29, 1.82) is 5.41 Å². The minimum absolute atomic E-state index is 0.0166. The van der Waals surface area contributed by atoms with E-state index in [1.165, 1.54) is 31.3 Å². The van der Waals surface area contributed by atoms with E-state index >= 15 is 0 Å². The van der Waals surface area contributed by atoms with E-state index in [2.05, 4.69) is 25.3 Å². The fourth-order valence-electron chi connectivity index (χ4n) is 2.53. The molecule has 2 unspecified atom stereocenters. The van der Waals surface area contributed by atoms with Crippen molar-refractivity contribution in [3.63, 3.8) is 0 Å². The molecular formula is C20H22F3N5O4. The maximum Gasteiger partial charge on any atom is 0.573 e. The number of aliphatic hydroxyl groups excluding tert-OH is 2. The maximum absolute atomic E-state index is 12.7. The highest BCUT2D eigenvalue weighted by Crippen LogP contribution is 2.26. The number of rotatable bonds is 9. The Bertz CT molecular complexity index is 980. The van der Waals surface area contributed by atoms with E-state index in [4.69, 9.17) is 10.5 Å². The molecule has 2 rings (SSSR count). The van der Waals surface area contributed by atoms with Crippen molar-refractivity contribution in [3.8, 4) is 17.0 Å². The highest BCUT2D eigenvalue weighted by Gasteiger charge is 2.31. The number of alkyl halides is 3. The smallest absolute Gasteiger partial charge is 0.406 e. The molecule has 32 heavy (non-hydrogen) atoms. The summed E-state index contributed by atoms with van der Waals surface area (Å²) in [5.41, 5.74) is 0.706. The number of allylic oxidation sites excluding steroid dienone is 1. The summed E-state index contributed by atoms with van der Waals surface area (Å²) >= 11 is 0. The molecule has 2 atom stereocenters. The highest BCUT2D eigenvalue weighted by atomic mass is 19.4. The van der Waals surface area contributed by atoms with Crippen LogP contribution in [0.4, 0.5) is 13.2 Å². The van der Waals surface area contributed by atoms with E-state index in [1.54, 1.807) is 7.05 Å². The third-order valence-corrected chi connectivity index (χ3v) is 4.18. The number of amides is 1. The average molecular weight is 453 g/mol. The van der Waals surface area contributed by atoms with Gasteiger partial charge < -0.3 is 31.0 Å². The molecule has 0 saturated carbocycles. The molecule has 0 spiro atoms. The molecule has 1 amide bonds. The predicted molar refractivity (Wildman–Crippen MR) is 110 cm³/mol. The second kappa shape index (κ2) is 10.7. The van der Waals surface area contributed by atoms with Crippen LogP contribution in [0.15, 0.2) is 36.5 Å². The third-order valence-electron chi connectivity index (χ3n) is 4.18. The first-order chi connectivity index (χ1) is 15.1.